The third kappa shape index (κ3) is 3.80. The fraction of sp³-hybridized carbons (Fsp3) is 0.368. The summed E-state index contributed by atoms with van der Waals surface area (Å²) in [6, 6.07) is 8.08. The van der Waals surface area contributed by atoms with Gasteiger partial charge in [-0.05, 0) is 51.4 Å². The highest BCUT2D eigenvalue weighted by atomic mass is 35.5. The number of aryl methyl sites for hydroxylation is 2. The summed E-state index contributed by atoms with van der Waals surface area (Å²) >= 11 is 1.39. The summed E-state index contributed by atoms with van der Waals surface area (Å²) in [7, 11) is 0. The molecule has 0 radical (unpaired) electrons. The van der Waals surface area contributed by atoms with Gasteiger partial charge in [0, 0.05) is 18.0 Å². The maximum absolute atomic E-state index is 13.2. The van der Waals surface area contributed by atoms with E-state index in [4.69, 9.17) is 0 Å². The first kappa shape index (κ1) is 20.4. The first-order chi connectivity index (χ1) is 13.1. The summed E-state index contributed by atoms with van der Waals surface area (Å²) in [4.78, 5) is 13.2. The van der Waals surface area contributed by atoms with Crippen LogP contribution in [-0.4, -0.2) is 39.0 Å². The van der Waals surface area contributed by atoms with E-state index in [-0.39, 0.29) is 18.3 Å². The molecule has 0 atom stereocenters. The summed E-state index contributed by atoms with van der Waals surface area (Å²) in [5.74, 6) is -0.0870. The average molecular weight is 419 g/mol. The molecule has 4 rings (SSSR count). The van der Waals surface area contributed by atoms with E-state index in [0.717, 1.165) is 29.2 Å². The first-order valence-corrected chi connectivity index (χ1v) is 9.84. The van der Waals surface area contributed by atoms with Crippen molar-refractivity contribution < 1.29 is 4.79 Å². The lowest BCUT2D eigenvalue weighted by Gasteiger charge is -2.36. The topological polar surface area (TPSA) is 84.7 Å². The van der Waals surface area contributed by atoms with E-state index in [2.05, 4.69) is 58.0 Å². The molecule has 0 spiro atoms. The smallest absolute Gasteiger partial charge is 0.254 e. The van der Waals surface area contributed by atoms with Gasteiger partial charge in [0.2, 0.25) is 5.13 Å². The Labute approximate surface area is 174 Å². The van der Waals surface area contributed by atoms with Crippen LogP contribution in [0.25, 0.3) is 10.6 Å². The van der Waals surface area contributed by atoms with Gasteiger partial charge in [-0.15, -0.1) is 22.6 Å². The molecule has 0 bridgehead atoms. The van der Waals surface area contributed by atoms with Crippen LogP contribution in [0.2, 0.25) is 0 Å². The molecule has 148 valence electrons. The molecule has 9 heteroatoms. The lowest BCUT2D eigenvalue weighted by atomic mass is 9.87. The SMILES string of the molecule is Cc1ccc(-c2nnc(NC(=O)C3(n4cccn4)CCNCC3)s2)c(C)c1.Cl. The number of benzene rings is 1. The summed E-state index contributed by atoms with van der Waals surface area (Å²) in [6.45, 7) is 5.68. The quantitative estimate of drug-likeness (QED) is 0.679. The summed E-state index contributed by atoms with van der Waals surface area (Å²) in [6.07, 6.45) is 4.93. The molecule has 3 heterocycles. The van der Waals surface area contributed by atoms with Gasteiger partial charge in [-0.2, -0.15) is 5.10 Å². The Kier molecular flexibility index (Phi) is 6.12. The number of hydrogen-bond donors (Lipinski definition) is 2. The summed E-state index contributed by atoms with van der Waals surface area (Å²) < 4.78 is 1.77. The molecule has 1 amide bonds. The van der Waals surface area contributed by atoms with Crippen LogP contribution in [0.5, 0.6) is 0 Å². The number of hydrogen-bond acceptors (Lipinski definition) is 6. The highest BCUT2D eigenvalue weighted by Gasteiger charge is 2.42. The maximum Gasteiger partial charge on any atom is 0.254 e. The number of halogens is 1. The van der Waals surface area contributed by atoms with Gasteiger partial charge in [0.05, 0.1) is 0 Å². The van der Waals surface area contributed by atoms with Gasteiger partial charge in [0.1, 0.15) is 10.5 Å². The van der Waals surface area contributed by atoms with Crippen molar-refractivity contribution in [3.8, 4) is 10.6 Å². The van der Waals surface area contributed by atoms with E-state index in [1.807, 2.05) is 12.3 Å². The van der Waals surface area contributed by atoms with Crippen LogP contribution < -0.4 is 10.6 Å². The lowest BCUT2D eigenvalue weighted by molar-refractivity contribution is -0.126. The molecule has 7 nitrogen and oxygen atoms in total. The number of anilines is 1. The molecule has 1 aliphatic heterocycles. The van der Waals surface area contributed by atoms with Crippen molar-refractivity contribution in [1.29, 1.82) is 0 Å². The predicted molar refractivity (Wildman–Crippen MR) is 113 cm³/mol. The van der Waals surface area contributed by atoms with Crippen LogP contribution in [0.3, 0.4) is 0 Å². The normalized spacial score (nSPS) is 15.6. The number of aromatic nitrogens is 4. The molecular formula is C19H23ClN6OS. The Morgan fingerprint density at radius 1 is 1.25 bits per heavy atom. The minimum Gasteiger partial charge on any atom is -0.317 e. The Balaban J connectivity index is 0.00000225. The monoisotopic (exact) mass is 418 g/mol. The largest absolute Gasteiger partial charge is 0.317 e. The van der Waals surface area contributed by atoms with Gasteiger partial charge in [-0.25, -0.2) is 0 Å². The maximum atomic E-state index is 13.2. The third-order valence-electron chi connectivity index (χ3n) is 5.05. The highest BCUT2D eigenvalue weighted by molar-refractivity contribution is 7.18. The van der Waals surface area contributed by atoms with Gasteiger partial charge in [-0.3, -0.25) is 14.8 Å². The molecule has 3 aromatic rings. The summed E-state index contributed by atoms with van der Waals surface area (Å²) in [5.41, 5.74) is 2.71. The standard InChI is InChI=1S/C19H22N6OS.ClH/c1-13-4-5-15(14(2)12-13)16-23-24-18(27-16)22-17(26)19(6-9-20-10-7-19)25-11-3-8-21-25;/h3-5,8,11-12,20H,6-7,9-10H2,1-2H3,(H,22,24,26);1H. The molecule has 2 N–H and O–H groups in total. The Hall–Kier alpha value is -2.29. The van der Waals surface area contributed by atoms with Crippen LogP contribution >= 0.6 is 23.7 Å². The molecule has 2 aromatic heterocycles. The van der Waals surface area contributed by atoms with Crippen LogP contribution in [0, 0.1) is 13.8 Å². The molecule has 0 aliphatic carbocycles. The van der Waals surface area contributed by atoms with Crippen molar-refractivity contribution in [3.05, 3.63) is 47.8 Å². The minimum atomic E-state index is -0.694. The van der Waals surface area contributed by atoms with Gasteiger partial charge in [0.15, 0.2) is 0 Å². The predicted octanol–water partition coefficient (Wildman–Crippen LogP) is 3.16. The van der Waals surface area contributed by atoms with E-state index in [9.17, 15) is 4.79 Å². The highest BCUT2D eigenvalue weighted by Crippen LogP contribution is 2.32. The molecule has 28 heavy (non-hydrogen) atoms. The van der Waals surface area contributed by atoms with E-state index in [0.29, 0.717) is 18.0 Å². The fourth-order valence-corrected chi connectivity index (χ4v) is 4.40. The lowest BCUT2D eigenvalue weighted by Crippen LogP contribution is -2.52. The van der Waals surface area contributed by atoms with Gasteiger partial charge < -0.3 is 5.32 Å². The van der Waals surface area contributed by atoms with Crippen molar-refractivity contribution in [3.63, 3.8) is 0 Å². The fourth-order valence-electron chi connectivity index (χ4n) is 3.57. The number of rotatable bonds is 4. The Morgan fingerprint density at radius 3 is 2.71 bits per heavy atom. The second-order valence-electron chi connectivity index (χ2n) is 6.92. The number of nitrogens with zero attached hydrogens (tertiary/aromatic N) is 4. The minimum absolute atomic E-state index is 0. The summed E-state index contributed by atoms with van der Waals surface area (Å²) in [5, 5.41) is 20.4. The Morgan fingerprint density at radius 2 is 2.04 bits per heavy atom. The molecular weight excluding hydrogens is 396 g/mol. The molecule has 1 fully saturated rings. The Bertz CT molecular complexity index is 949. The van der Waals surface area contributed by atoms with Crippen molar-refractivity contribution >= 4 is 34.8 Å². The number of nitrogens with one attached hydrogen (secondary N) is 2. The first-order valence-electron chi connectivity index (χ1n) is 9.02. The van der Waals surface area contributed by atoms with E-state index in [1.165, 1.54) is 16.9 Å². The van der Waals surface area contributed by atoms with Crippen LogP contribution in [0.4, 0.5) is 5.13 Å². The number of piperidine rings is 1. The van der Waals surface area contributed by atoms with Crippen molar-refractivity contribution in [2.45, 2.75) is 32.2 Å². The van der Waals surface area contributed by atoms with Crippen molar-refractivity contribution in [1.82, 2.24) is 25.3 Å². The van der Waals surface area contributed by atoms with Crippen LogP contribution in [0.1, 0.15) is 24.0 Å². The second-order valence-corrected chi connectivity index (χ2v) is 7.89. The third-order valence-corrected chi connectivity index (χ3v) is 5.93. The zero-order valence-corrected chi connectivity index (χ0v) is 17.4. The van der Waals surface area contributed by atoms with Gasteiger partial charge in [-0.1, -0.05) is 35.1 Å². The molecule has 0 unspecified atom stereocenters. The van der Waals surface area contributed by atoms with E-state index < -0.39 is 5.54 Å². The van der Waals surface area contributed by atoms with Gasteiger partial charge in [0.25, 0.3) is 5.91 Å². The zero-order valence-electron chi connectivity index (χ0n) is 15.8. The van der Waals surface area contributed by atoms with Crippen LogP contribution in [0.15, 0.2) is 36.7 Å². The molecule has 0 saturated carbocycles. The molecule has 1 aromatic carbocycles. The average Bonchev–Trinajstić information content (AvgIpc) is 3.34. The van der Waals surface area contributed by atoms with E-state index in [1.54, 1.807) is 10.9 Å². The number of amides is 1. The zero-order chi connectivity index (χ0) is 18.9. The van der Waals surface area contributed by atoms with E-state index >= 15 is 0 Å². The molecule has 1 aliphatic rings. The second kappa shape index (κ2) is 8.38. The van der Waals surface area contributed by atoms with Crippen LogP contribution in [-0.2, 0) is 10.3 Å². The molecule has 1 saturated heterocycles. The van der Waals surface area contributed by atoms with Crippen molar-refractivity contribution in [2.24, 2.45) is 0 Å². The number of carbonyl (C=O) groups is 1. The number of carbonyl (C=O) groups excluding carboxylic acids is 1. The van der Waals surface area contributed by atoms with Gasteiger partial charge >= 0.3 is 0 Å². The van der Waals surface area contributed by atoms with Crippen molar-refractivity contribution in [2.75, 3.05) is 18.4 Å².